The largest absolute Gasteiger partial charge is 0.353 e. The Balaban J connectivity index is 1.60. The molecule has 130 valence electrons. The highest BCUT2D eigenvalue weighted by atomic mass is 16.1. The molecule has 0 aromatic heterocycles. The lowest BCUT2D eigenvalue weighted by atomic mass is 9.88. The van der Waals surface area contributed by atoms with E-state index in [1.807, 2.05) is 48.5 Å². The minimum atomic E-state index is -0.0614. The van der Waals surface area contributed by atoms with Gasteiger partial charge in [0.25, 0.3) is 0 Å². The number of carbonyl (C=O) groups excluding carboxylic acids is 1. The fourth-order valence-corrected chi connectivity index (χ4v) is 3.03. The third-order valence-corrected chi connectivity index (χ3v) is 4.36. The molecule has 0 fully saturated rings. The van der Waals surface area contributed by atoms with Crippen molar-refractivity contribution in [3.63, 3.8) is 0 Å². The maximum atomic E-state index is 12.1. The Morgan fingerprint density at radius 1 is 0.769 bits per heavy atom. The van der Waals surface area contributed by atoms with Gasteiger partial charge >= 0.3 is 0 Å². The highest BCUT2D eigenvalue weighted by molar-refractivity contribution is 5.91. The Bertz CT molecular complexity index is 786. The fraction of sp³-hybridized carbons (Fsp3) is 0.125. The number of carbonyl (C=O) groups is 1. The van der Waals surface area contributed by atoms with Crippen molar-refractivity contribution in [2.75, 3.05) is 6.54 Å². The molecule has 1 N–H and O–H groups in total. The van der Waals surface area contributed by atoms with E-state index in [0.717, 1.165) is 12.0 Å². The second-order valence-corrected chi connectivity index (χ2v) is 6.20. The van der Waals surface area contributed by atoms with Crippen LogP contribution in [0.15, 0.2) is 97.1 Å². The predicted octanol–water partition coefficient (Wildman–Crippen LogP) is 5.04. The van der Waals surface area contributed by atoms with E-state index in [1.165, 1.54) is 11.1 Å². The average Bonchev–Trinajstić information content (AvgIpc) is 2.72. The van der Waals surface area contributed by atoms with E-state index in [-0.39, 0.29) is 11.8 Å². The van der Waals surface area contributed by atoms with E-state index in [0.29, 0.717) is 6.54 Å². The van der Waals surface area contributed by atoms with Gasteiger partial charge in [0.1, 0.15) is 0 Å². The zero-order valence-electron chi connectivity index (χ0n) is 14.7. The third kappa shape index (κ3) is 5.18. The van der Waals surface area contributed by atoms with Gasteiger partial charge in [-0.1, -0.05) is 91.0 Å². The van der Waals surface area contributed by atoms with Crippen molar-refractivity contribution in [2.45, 2.75) is 12.3 Å². The number of nitrogens with one attached hydrogen (secondary N) is 1. The summed E-state index contributed by atoms with van der Waals surface area (Å²) in [5, 5.41) is 3.00. The maximum absolute atomic E-state index is 12.1. The highest BCUT2D eigenvalue weighted by Crippen LogP contribution is 2.27. The van der Waals surface area contributed by atoms with Gasteiger partial charge in [-0.15, -0.1) is 0 Å². The Morgan fingerprint density at radius 3 is 1.81 bits per heavy atom. The van der Waals surface area contributed by atoms with Crippen LogP contribution in [0, 0.1) is 0 Å². The van der Waals surface area contributed by atoms with Crippen molar-refractivity contribution in [1.29, 1.82) is 0 Å². The monoisotopic (exact) mass is 341 g/mol. The number of benzene rings is 3. The standard InChI is InChI=1S/C24H23NO/c26-24(17-16-20-10-4-1-5-11-20)25-19-18-23(21-12-6-2-7-13-21)22-14-8-3-9-15-22/h1-17,23H,18-19H2,(H,25,26). The molecule has 0 radical (unpaired) electrons. The summed E-state index contributed by atoms with van der Waals surface area (Å²) >= 11 is 0. The summed E-state index contributed by atoms with van der Waals surface area (Å²) in [4.78, 5) is 12.1. The Kier molecular flexibility index (Phi) is 6.38. The van der Waals surface area contributed by atoms with Crippen molar-refractivity contribution in [3.05, 3.63) is 114 Å². The average molecular weight is 341 g/mol. The van der Waals surface area contributed by atoms with E-state index in [2.05, 4.69) is 53.8 Å². The summed E-state index contributed by atoms with van der Waals surface area (Å²) in [6, 6.07) is 30.7. The summed E-state index contributed by atoms with van der Waals surface area (Å²) < 4.78 is 0. The van der Waals surface area contributed by atoms with Gasteiger partial charge in [0.05, 0.1) is 0 Å². The third-order valence-electron chi connectivity index (χ3n) is 4.36. The van der Waals surface area contributed by atoms with Gasteiger partial charge in [-0.05, 0) is 29.2 Å². The molecule has 1 amide bonds. The number of amides is 1. The quantitative estimate of drug-likeness (QED) is 0.599. The van der Waals surface area contributed by atoms with Gasteiger partial charge in [-0.2, -0.15) is 0 Å². The molecular weight excluding hydrogens is 318 g/mol. The molecule has 0 unspecified atom stereocenters. The Labute approximate surface area is 155 Å². The van der Waals surface area contributed by atoms with E-state index >= 15 is 0 Å². The molecule has 0 aliphatic carbocycles. The lowest BCUT2D eigenvalue weighted by Crippen LogP contribution is -2.23. The van der Waals surface area contributed by atoms with E-state index < -0.39 is 0 Å². The van der Waals surface area contributed by atoms with Gasteiger partial charge in [0, 0.05) is 18.5 Å². The summed E-state index contributed by atoms with van der Waals surface area (Å²) in [5.74, 6) is 0.213. The SMILES string of the molecule is O=C(C=Cc1ccccc1)NCCC(c1ccccc1)c1ccccc1. The topological polar surface area (TPSA) is 29.1 Å². The first-order chi connectivity index (χ1) is 12.8. The molecule has 0 saturated carbocycles. The fourth-order valence-electron chi connectivity index (χ4n) is 3.03. The first kappa shape index (κ1) is 17.7. The van der Waals surface area contributed by atoms with Crippen LogP contribution < -0.4 is 5.32 Å². The van der Waals surface area contributed by atoms with Crippen molar-refractivity contribution in [2.24, 2.45) is 0 Å². The second-order valence-electron chi connectivity index (χ2n) is 6.20. The molecule has 3 rings (SSSR count). The lowest BCUT2D eigenvalue weighted by molar-refractivity contribution is -0.116. The van der Waals surface area contributed by atoms with Crippen molar-refractivity contribution in [3.8, 4) is 0 Å². The van der Waals surface area contributed by atoms with Crippen LogP contribution in [-0.4, -0.2) is 12.5 Å². The van der Waals surface area contributed by atoms with Gasteiger partial charge < -0.3 is 5.32 Å². The molecule has 0 bridgehead atoms. The summed E-state index contributed by atoms with van der Waals surface area (Å²) in [6.07, 6.45) is 4.29. The zero-order chi connectivity index (χ0) is 18.0. The van der Waals surface area contributed by atoms with Crippen molar-refractivity contribution < 1.29 is 4.79 Å². The Hall–Kier alpha value is -3.13. The van der Waals surface area contributed by atoms with Gasteiger partial charge in [-0.25, -0.2) is 0 Å². The van der Waals surface area contributed by atoms with E-state index in [4.69, 9.17) is 0 Å². The predicted molar refractivity (Wildman–Crippen MR) is 108 cm³/mol. The molecule has 0 spiro atoms. The number of hydrogen-bond donors (Lipinski definition) is 1. The maximum Gasteiger partial charge on any atom is 0.243 e. The molecule has 2 nitrogen and oxygen atoms in total. The molecule has 0 atom stereocenters. The van der Waals surface area contributed by atoms with Crippen LogP contribution in [0.1, 0.15) is 29.0 Å². The normalized spacial score (nSPS) is 11.0. The smallest absolute Gasteiger partial charge is 0.243 e. The molecule has 26 heavy (non-hydrogen) atoms. The van der Waals surface area contributed by atoms with Crippen LogP contribution in [0.3, 0.4) is 0 Å². The van der Waals surface area contributed by atoms with Gasteiger partial charge in [0.15, 0.2) is 0 Å². The van der Waals surface area contributed by atoms with Gasteiger partial charge in [0.2, 0.25) is 5.91 Å². The van der Waals surface area contributed by atoms with Crippen molar-refractivity contribution in [1.82, 2.24) is 5.32 Å². The minimum Gasteiger partial charge on any atom is -0.353 e. The molecule has 0 saturated heterocycles. The molecule has 2 heteroatoms. The molecule has 0 heterocycles. The van der Waals surface area contributed by atoms with Gasteiger partial charge in [-0.3, -0.25) is 4.79 Å². The molecule has 0 aliphatic rings. The number of hydrogen-bond acceptors (Lipinski definition) is 1. The van der Waals surface area contributed by atoms with Crippen molar-refractivity contribution >= 4 is 12.0 Å². The first-order valence-corrected chi connectivity index (χ1v) is 8.94. The zero-order valence-corrected chi connectivity index (χ0v) is 14.7. The second kappa shape index (κ2) is 9.38. The van der Waals surface area contributed by atoms with Crippen LogP contribution in [0.2, 0.25) is 0 Å². The molecule has 3 aromatic rings. The van der Waals surface area contributed by atoms with Crippen LogP contribution in [-0.2, 0) is 4.79 Å². The summed E-state index contributed by atoms with van der Waals surface area (Å²) in [5.41, 5.74) is 3.56. The van der Waals surface area contributed by atoms with Crippen LogP contribution >= 0.6 is 0 Å². The van der Waals surface area contributed by atoms with E-state index in [9.17, 15) is 4.79 Å². The lowest BCUT2D eigenvalue weighted by Gasteiger charge is -2.18. The molecule has 0 aliphatic heterocycles. The minimum absolute atomic E-state index is 0.0614. The van der Waals surface area contributed by atoms with Crippen LogP contribution in [0.5, 0.6) is 0 Å². The Morgan fingerprint density at radius 2 is 1.27 bits per heavy atom. The van der Waals surface area contributed by atoms with E-state index in [1.54, 1.807) is 6.08 Å². The summed E-state index contributed by atoms with van der Waals surface area (Å²) in [7, 11) is 0. The van der Waals surface area contributed by atoms with Crippen LogP contribution in [0.4, 0.5) is 0 Å². The van der Waals surface area contributed by atoms with Crippen LogP contribution in [0.25, 0.3) is 6.08 Å². The molecular formula is C24H23NO. The highest BCUT2D eigenvalue weighted by Gasteiger charge is 2.13. The molecule has 3 aromatic carbocycles. The first-order valence-electron chi connectivity index (χ1n) is 8.94. The number of rotatable bonds is 7. The summed E-state index contributed by atoms with van der Waals surface area (Å²) in [6.45, 7) is 0.631.